The highest BCUT2D eigenvalue weighted by molar-refractivity contribution is 6.07. The number of fused-ring (bicyclic) bond motifs is 4. The molecule has 7 rings (SSSR count). The van der Waals surface area contributed by atoms with E-state index in [9.17, 15) is 4.79 Å². The molecule has 0 bridgehead atoms. The maximum Gasteiger partial charge on any atom is 0.256 e. The van der Waals surface area contributed by atoms with Crippen LogP contribution in [-0.2, 0) is 6.54 Å². The van der Waals surface area contributed by atoms with E-state index in [-0.39, 0.29) is 11.9 Å². The zero-order valence-electron chi connectivity index (χ0n) is 27.0. The van der Waals surface area contributed by atoms with E-state index in [0.29, 0.717) is 24.7 Å². The first-order chi connectivity index (χ1) is 22.6. The molecule has 1 atom stereocenters. The van der Waals surface area contributed by atoms with Crippen molar-refractivity contribution >= 4 is 28.6 Å². The highest BCUT2D eigenvalue weighted by Gasteiger charge is 2.32. The number of nitrogens with zero attached hydrogens (tertiary/aromatic N) is 4. The van der Waals surface area contributed by atoms with E-state index in [1.54, 1.807) is 7.11 Å². The van der Waals surface area contributed by atoms with E-state index in [2.05, 4.69) is 26.9 Å². The number of ether oxygens (including phenoxy) is 4. The molecule has 2 saturated heterocycles. The summed E-state index contributed by atoms with van der Waals surface area (Å²) >= 11 is 0. The van der Waals surface area contributed by atoms with E-state index < -0.39 is 0 Å². The molecule has 4 aliphatic rings. The lowest BCUT2D eigenvalue weighted by Gasteiger charge is -2.34. The topological polar surface area (TPSA) is 76.1 Å². The van der Waals surface area contributed by atoms with Crippen LogP contribution in [0.25, 0.3) is 10.8 Å². The molecule has 0 aromatic heterocycles. The largest absolute Gasteiger partial charge is 0.493 e. The summed E-state index contributed by atoms with van der Waals surface area (Å²) < 4.78 is 22.8. The lowest BCUT2D eigenvalue weighted by molar-refractivity contribution is 0.0775. The second-order valence-electron chi connectivity index (χ2n) is 13.0. The van der Waals surface area contributed by atoms with Crippen LogP contribution in [0, 0.1) is 0 Å². The minimum atomic E-state index is 0.0755. The minimum Gasteiger partial charge on any atom is -0.493 e. The van der Waals surface area contributed by atoms with Gasteiger partial charge in [0.2, 0.25) is 6.79 Å². The van der Waals surface area contributed by atoms with E-state index in [1.807, 2.05) is 41.4 Å². The third-order valence-electron chi connectivity index (χ3n) is 9.85. The van der Waals surface area contributed by atoms with Crippen molar-refractivity contribution in [3.63, 3.8) is 0 Å². The number of carbonyl (C=O) groups excluding carboxylic acids is 1. The summed E-state index contributed by atoms with van der Waals surface area (Å²) in [7, 11) is 1.68. The van der Waals surface area contributed by atoms with Crippen molar-refractivity contribution in [1.29, 1.82) is 0 Å². The average molecular weight is 627 g/mol. The number of carbonyl (C=O) groups is 1. The molecule has 1 amide bonds. The van der Waals surface area contributed by atoms with Gasteiger partial charge in [0.25, 0.3) is 5.91 Å². The predicted octanol–water partition coefficient (Wildman–Crippen LogP) is 6.43. The van der Waals surface area contributed by atoms with E-state index >= 15 is 0 Å². The molecule has 46 heavy (non-hydrogen) atoms. The quantitative estimate of drug-likeness (QED) is 0.202. The van der Waals surface area contributed by atoms with Gasteiger partial charge in [-0.3, -0.25) is 14.7 Å². The molecule has 9 nitrogen and oxygen atoms in total. The zero-order valence-corrected chi connectivity index (χ0v) is 27.0. The normalized spacial score (nSPS) is 19.4. The number of rotatable bonds is 13. The second kappa shape index (κ2) is 14.3. The molecule has 4 aliphatic heterocycles. The van der Waals surface area contributed by atoms with Gasteiger partial charge in [-0.25, -0.2) is 0 Å². The summed E-state index contributed by atoms with van der Waals surface area (Å²) in [5.74, 6) is 3.25. The molecule has 0 radical (unpaired) electrons. The first kappa shape index (κ1) is 30.8. The predicted molar refractivity (Wildman–Crippen MR) is 180 cm³/mol. The summed E-state index contributed by atoms with van der Waals surface area (Å²) in [5, 5.41) is 1.97. The van der Waals surface area contributed by atoms with Crippen LogP contribution in [0.5, 0.6) is 23.0 Å². The first-order valence-corrected chi connectivity index (χ1v) is 17.1. The van der Waals surface area contributed by atoms with Crippen molar-refractivity contribution < 1.29 is 23.7 Å². The Labute approximate surface area is 272 Å². The van der Waals surface area contributed by atoms with Crippen LogP contribution in [0.15, 0.2) is 47.5 Å². The fourth-order valence-electron chi connectivity index (χ4n) is 7.16. The number of hydrogen-bond donors (Lipinski definition) is 0. The summed E-state index contributed by atoms with van der Waals surface area (Å²) in [6, 6.07) is 14.4. The van der Waals surface area contributed by atoms with E-state index in [4.69, 9.17) is 18.9 Å². The molecule has 0 aliphatic carbocycles. The van der Waals surface area contributed by atoms with Gasteiger partial charge in [0, 0.05) is 45.5 Å². The molecule has 0 spiro atoms. The number of unbranched alkanes of at least 4 members (excludes halogenated alkanes) is 5. The highest BCUT2D eigenvalue weighted by Crippen LogP contribution is 2.38. The van der Waals surface area contributed by atoms with Gasteiger partial charge in [0.15, 0.2) is 23.0 Å². The van der Waals surface area contributed by atoms with Gasteiger partial charge < -0.3 is 28.7 Å². The minimum absolute atomic E-state index is 0.0755. The Morgan fingerprint density at radius 2 is 1.59 bits per heavy atom. The van der Waals surface area contributed by atoms with Crippen LogP contribution in [0.1, 0.15) is 67.3 Å². The Balaban J connectivity index is 0.796. The third kappa shape index (κ3) is 6.95. The van der Waals surface area contributed by atoms with Crippen LogP contribution in [-0.4, -0.2) is 92.6 Å². The first-order valence-electron chi connectivity index (χ1n) is 17.1. The third-order valence-corrected chi connectivity index (χ3v) is 9.85. The Kier molecular flexibility index (Phi) is 9.58. The fraction of sp³-hybridized carbons (Fsp3) is 0.514. The van der Waals surface area contributed by atoms with Crippen molar-refractivity contribution in [3.05, 3.63) is 53.6 Å². The molecule has 0 unspecified atom stereocenters. The van der Waals surface area contributed by atoms with Crippen LogP contribution in [0.2, 0.25) is 0 Å². The van der Waals surface area contributed by atoms with Crippen LogP contribution >= 0.6 is 0 Å². The fourth-order valence-corrected chi connectivity index (χ4v) is 7.16. The Bertz CT molecular complexity index is 1570. The van der Waals surface area contributed by atoms with Crippen LogP contribution < -0.4 is 18.9 Å². The summed E-state index contributed by atoms with van der Waals surface area (Å²) in [6.07, 6.45) is 11.2. The van der Waals surface area contributed by atoms with Crippen molar-refractivity contribution in [2.45, 2.75) is 64.0 Å². The van der Waals surface area contributed by atoms with Crippen molar-refractivity contribution in [1.82, 2.24) is 14.7 Å². The maximum absolute atomic E-state index is 13.3. The zero-order chi connectivity index (χ0) is 31.3. The maximum atomic E-state index is 13.3. The molecule has 4 heterocycles. The number of amides is 1. The average Bonchev–Trinajstić information content (AvgIpc) is 3.73. The van der Waals surface area contributed by atoms with Gasteiger partial charge in [-0.05, 0) is 85.0 Å². The van der Waals surface area contributed by atoms with Crippen molar-refractivity contribution in [2.75, 3.05) is 59.8 Å². The molecule has 9 heteroatoms. The van der Waals surface area contributed by atoms with Crippen LogP contribution in [0.3, 0.4) is 0 Å². The van der Waals surface area contributed by atoms with Gasteiger partial charge in [0.05, 0.1) is 31.0 Å². The molecule has 3 aromatic rings. The molecule has 2 fully saturated rings. The van der Waals surface area contributed by atoms with Gasteiger partial charge >= 0.3 is 0 Å². The standard InChI is InChI=1S/C37H46N4O5/c1-43-34-22-29-21-32-31(37(42)41-13-8-9-30(41)24-38-32)20-28(29)23-36(34)44-18-7-5-3-2-4-6-12-39-14-16-40(17-15-39)25-27-10-11-33-35(19-27)46-26-45-33/h10-11,19-24,30H,2-9,12-18,25-26H2,1H3/t30-/m0/s1. The number of methoxy groups -OCH3 is 1. The second-order valence-corrected chi connectivity index (χ2v) is 13.0. The Hall–Kier alpha value is -3.82. The smallest absolute Gasteiger partial charge is 0.256 e. The molecule has 0 saturated carbocycles. The summed E-state index contributed by atoms with van der Waals surface area (Å²) in [5.41, 5.74) is 2.70. The summed E-state index contributed by atoms with van der Waals surface area (Å²) in [6.45, 7) is 8.47. The van der Waals surface area contributed by atoms with Crippen LogP contribution in [0.4, 0.5) is 5.69 Å². The van der Waals surface area contributed by atoms with Gasteiger partial charge in [-0.15, -0.1) is 0 Å². The summed E-state index contributed by atoms with van der Waals surface area (Å²) in [4.78, 5) is 25.1. The van der Waals surface area contributed by atoms with E-state index in [0.717, 1.165) is 98.7 Å². The van der Waals surface area contributed by atoms with Gasteiger partial charge in [0.1, 0.15) is 0 Å². The van der Waals surface area contributed by atoms with Crippen molar-refractivity contribution in [3.8, 4) is 23.0 Å². The molecular formula is C37H46N4O5. The SMILES string of the molecule is COc1cc2cc3c(cc2cc1OCCCCCCCCN1CCN(Cc2ccc4c(c2)OCO4)CC1)C(=O)N1CCC[C@H]1C=N3. The van der Waals surface area contributed by atoms with E-state index in [1.165, 1.54) is 37.8 Å². The van der Waals surface area contributed by atoms with Crippen molar-refractivity contribution in [2.24, 2.45) is 4.99 Å². The number of hydrogen-bond acceptors (Lipinski definition) is 8. The lowest BCUT2D eigenvalue weighted by Crippen LogP contribution is -2.46. The molecule has 0 N–H and O–H groups in total. The molecule has 244 valence electrons. The number of piperazine rings is 1. The lowest BCUT2D eigenvalue weighted by atomic mass is 10.0. The van der Waals surface area contributed by atoms with Gasteiger partial charge in [-0.1, -0.05) is 31.7 Å². The highest BCUT2D eigenvalue weighted by atomic mass is 16.7. The number of aliphatic imine (C=N–C) groups is 1. The molecular weight excluding hydrogens is 580 g/mol. The number of benzene rings is 3. The van der Waals surface area contributed by atoms with Gasteiger partial charge in [-0.2, -0.15) is 0 Å². The Morgan fingerprint density at radius 3 is 2.46 bits per heavy atom. The Morgan fingerprint density at radius 1 is 0.826 bits per heavy atom. The monoisotopic (exact) mass is 626 g/mol. The molecule has 3 aromatic carbocycles.